The molecule has 1 rings (SSSR count). The second-order valence-electron chi connectivity index (χ2n) is 1.49. The molecule has 2 nitrogen and oxygen atoms in total. The van der Waals surface area contributed by atoms with E-state index in [-0.39, 0.29) is 0 Å². The van der Waals surface area contributed by atoms with Crippen molar-refractivity contribution in [1.29, 1.82) is 0 Å². The monoisotopic (exact) mass is 128 g/mol. The van der Waals surface area contributed by atoms with Gasteiger partial charge in [-0.3, -0.25) is 0 Å². The summed E-state index contributed by atoms with van der Waals surface area (Å²) in [5, 5.41) is 0. The van der Waals surface area contributed by atoms with E-state index in [9.17, 15) is 0 Å². The summed E-state index contributed by atoms with van der Waals surface area (Å²) in [6.07, 6.45) is 4.84. The van der Waals surface area contributed by atoms with Crippen LogP contribution >= 0.6 is 12.1 Å². The summed E-state index contributed by atoms with van der Waals surface area (Å²) in [6.45, 7) is 2.11. The van der Waals surface area contributed by atoms with Gasteiger partial charge in [0, 0.05) is 11.9 Å². The summed E-state index contributed by atoms with van der Waals surface area (Å²) < 4.78 is 6.93. The molecule has 0 amide bonds. The summed E-state index contributed by atoms with van der Waals surface area (Å²) in [7, 11) is 0. The van der Waals surface area contributed by atoms with Gasteiger partial charge in [0.15, 0.2) is 0 Å². The second kappa shape index (κ2) is 2.77. The van der Waals surface area contributed by atoms with Crippen LogP contribution in [-0.2, 0) is 0 Å². The molecule has 1 heterocycles. The molecule has 0 bridgehead atoms. The molecule has 44 valence electrons. The predicted molar refractivity (Wildman–Crippen MR) is 37.6 cm³/mol. The Hall–Kier alpha value is -0.440. The van der Waals surface area contributed by atoms with E-state index in [1.165, 1.54) is 17.8 Å². The van der Waals surface area contributed by atoms with Gasteiger partial charge in [-0.25, -0.2) is 4.40 Å². The highest BCUT2D eigenvalue weighted by molar-refractivity contribution is 7.96. The van der Waals surface area contributed by atoms with Crippen LogP contribution in [0.15, 0.2) is 16.2 Å². The Balaban J connectivity index is 2.50. The topological polar surface area (TPSA) is 24.4 Å². The second-order valence-corrected chi connectivity index (χ2v) is 2.09. The molecule has 1 N–H and O–H groups in total. The lowest BCUT2D eigenvalue weighted by Gasteiger charge is -2.05. The van der Waals surface area contributed by atoms with Crippen LogP contribution in [-0.4, -0.2) is 6.21 Å². The van der Waals surface area contributed by atoms with E-state index < -0.39 is 0 Å². The molecule has 0 aliphatic carbocycles. The highest BCUT2D eigenvalue weighted by Crippen LogP contribution is 2.07. The average Bonchev–Trinajstić information content (AvgIpc) is 1.90. The van der Waals surface area contributed by atoms with Gasteiger partial charge in [0.25, 0.3) is 0 Å². The first-order chi connectivity index (χ1) is 3.93. The van der Waals surface area contributed by atoms with E-state index in [0.717, 1.165) is 6.42 Å². The normalized spacial score (nSPS) is 17.4. The number of nitrogens with zero attached hydrogens (tertiary/aromatic N) is 1. The van der Waals surface area contributed by atoms with Crippen LogP contribution in [0.4, 0.5) is 0 Å². The molecule has 0 saturated heterocycles. The Morgan fingerprint density at radius 3 is 3.12 bits per heavy atom. The van der Waals surface area contributed by atoms with Crippen molar-refractivity contribution in [2.45, 2.75) is 13.3 Å². The quantitative estimate of drug-likeness (QED) is 0.541. The van der Waals surface area contributed by atoms with Crippen molar-refractivity contribution < 1.29 is 0 Å². The maximum Gasteiger partial charge on any atom is 0.0898 e. The zero-order valence-corrected chi connectivity index (χ0v) is 5.53. The highest BCUT2D eigenvalue weighted by atomic mass is 32.2. The van der Waals surface area contributed by atoms with Crippen LogP contribution in [0, 0.1) is 0 Å². The lowest BCUT2D eigenvalue weighted by atomic mass is 10.3. The van der Waals surface area contributed by atoms with Gasteiger partial charge in [-0.2, -0.15) is 0 Å². The summed E-state index contributed by atoms with van der Waals surface area (Å²) in [5.41, 5.74) is 1.24. The third kappa shape index (κ3) is 1.26. The Bertz CT molecular complexity index is 128. The average molecular weight is 128 g/mol. The predicted octanol–water partition coefficient (Wildman–Crippen LogP) is 1.52. The molecule has 0 fully saturated rings. The minimum absolute atomic E-state index is 1.05. The van der Waals surface area contributed by atoms with Crippen molar-refractivity contribution in [2.75, 3.05) is 0 Å². The Morgan fingerprint density at radius 1 is 1.88 bits per heavy atom. The summed E-state index contributed by atoms with van der Waals surface area (Å²) >= 11 is 1.38. The molecule has 3 heteroatoms. The van der Waals surface area contributed by atoms with Crippen molar-refractivity contribution in [3.05, 3.63) is 11.8 Å². The number of nitrogens with one attached hydrogen (secondary N) is 1. The third-order valence-corrected chi connectivity index (χ3v) is 1.53. The molecule has 0 saturated carbocycles. The molecule has 0 atom stereocenters. The van der Waals surface area contributed by atoms with Crippen LogP contribution in [0.3, 0.4) is 0 Å². The van der Waals surface area contributed by atoms with Crippen molar-refractivity contribution in [3.63, 3.8) is 0 Å². The highest BCUT2D eigenvalue weighted by Gasteiger charge is 1.93. The molecule has 0 aromatic heterocycles. The SMILES string of the molecule is CCC1=CC=NSN1. The number of hydrogen-bond donors (Lipinski definition) is 1. The van der Waals surface area contributed by atoms with Gasteiger partial charge < -0.3 is 4.72 Å². The van der Waals surface area contributed by atoms with Crippen LogP contribution in [0.25, 0.3) is 0 Å². The summed E-state index contributed by atoms with van der Waals surface area (Å²) in [6, 6.07) is 0. The van der Waals surface area contributed by atoms with E-state index in [1.54, 1.807) is 6.21 Å². The number of allylic oxidation sites excluding steroid dienone is 2. The van der Waals surface area contributed by atoms with Crippen LogP contribution in [0.2, 0.25) is 0 Å². The number of hydrogen-bond acceptors (Lipinski definition) is 3. The zero-order valence-electron chi connectivity index (χ0n) is 4.72. The van der Waals surface area contributed by atoms with Crippen LogP contribution < -0.4 is 4.72 Å². The minimum Gasteiger partial charge on any atom is -0.314 e. The van der Waals surface area contributed by atoms with E-state index in [2.05, 4.69) is 16.0 Å². The van der Waals surface area contributed by atoms with Gasteiger partial charge in [0.2, 0.25) is 0 Å². The molecular weight excluding hydrogens is 120 g/mol. The Morgan fingerprint density at radius 2 is 2.75 bits per heavy atom. The Labute approximate surface area is 53.3 Å². The zero-order chi connectivity index (χ0) is 5.82. The molecule has 0 radical (unpaired) electrons. The fraction of sp³-hybridized carbons (Fsp3) is 0.400. The standard InChI is InChI=1S/C5H8N2S/c1-2-5-3-4-6-8-7-5/h3-4,7H,2H2,1H3. The molecular formula is C5H8N2S. The summed E-state index contributed by atoms with van der Waals surface area (Å²) in [5.74, 6) is 0. The minimum atomic E-state index is 1.05. The molecule has 0 aromatic carbocycles. The number of rotatable bonds is 1. The largest absolute Gasteiger partial charge is 0.314 e. The van der Waals surface area contributed by atoms with Crippen molar-refractivity contribution >= 4 is 18.3 Å². The third-order valence-electron chi connectivity index (χ3n) is 0.947. The van der Waals surface area contributed by atoms with Gasteiger partial charge in [-0.05, 0) is 12.5 Å². The molecule has 0 aromatic rings. The first kappa shape index (κ1) is 5.69. The van der Waals surface area contributed by atoms with Gasteiger partial charge in [-0.15, -0.1) is 0 Å². The first-order valence-corrected chi connectivity index (χ1v) is 3.35. The first-order valence-electron chi connectivity index (χ1n) is 2.58. The van der Waals surface area contributed by atoms with E-state index in [4.69, 9.17) is 0 Å². The fourth-order valence-electron chi connectivity index (χ4n) is 0.460. The molecule has 1 aliphatic rings. The van der Waals surface area contributed by atoms with E-state index >= 15 is 0 Å². The van der Waals surface area contributed by atoms with Gasteiger partial charge in [0.05, 0.1) is 12.1 Å². The van der Waals surface area contributed by atoms with Gasteiger partial charge in [0.1, 0.15) is 0 Å². The Kier molecular flexibility index (Phi) is 1.97. The van der Waals surface area contributed by atoms with E-state index in [0.29, 0.717) is 0 Å². The van der Waals surface area contributed by atoms with E-state index in [1.807, 2.05) is 6.08 Å². The maximum absolute atomic E-state index is 3.88. The van der Waals surface area contributed by atoms with Crippen LogP contribution in [0.5, 0.6) is 0 Å². The van der Waals surface area contributed by atoms with Crippen LogP contribution in [0.1, 0.15) is 13.3 Å². The lowest BCUT2D eigenvalue weighted by Crippen LogP contribution is -2.03. The maximum atomic E-state index is 3.88. The fourth-order valence-corrected chi connectivity index (χ4v) is 0.964. The molecule has 0 unspecified atom stereocenters. The summed E-state index contributed by atoms with van der Waals surface area (Å²) in [4.78, 5) is 0. The van der Waals surface area contributed by atoms with Gasteiger partial charge >= 0.3 is 0 Å². The van der Waals surface area contributed by atoms with Gasteiger partial charge in [-0.1, -0.05) is 6.92 Å². The smallest absolute Gasteiger partial charge is 0.0898 e. The van der Waals surface area contributed by atoms with Crippen molar-refractivity contribution in [2.24, 2.45) is 4.40 Å². The lowest BCUT2D eigenvalue weighted by molar-refractivity contribution is 1.02. The van der Waals surface area contributed by atoms with Crippen molar-refractivity contribution in [3.8, 4) is 0 Å². The molecule has 0 spiro atoms. The van der Waals surface area contributed by atoms with Crippen molar-refractivity contribution in [1.82, 2.24) is 4.72 Å². The molecule has 1 aliphatic heterocycles. The molecule has 8 heavy (non-hydrogen) atoms.